The van der Waals surface area contributed by atoms with E-state index < -0.39 is 5.97 Å². The predicted octanol–water partition coefficient (Wildman–Crippen LogP) is 3.33. The summed E-state index contributed by atoms with van der Waals surface area (Å²) in [5.74, 6) is -0.397. The molecular weight excluding hydrogens is 278 g/mol. The number of carbonyl (C=O) groups is 1. The molecule has 0 aliphatic carbocycles. The van der Waals surface area contributed by atoms with Crippen molar-refractivity contribution >= 4 is 23.3 Å². The van der Waals surface area contributed by atoms with Crippen LogP contribution in [0, 0.1) is 13.8 Å². The molecule has 110 valence electrons. The van der Waals surface area contributed by atoms with E-state index in [1.807, 2.05) is 19.9 Å². The molecule has 1 aromatic rings. The van der Waals surface area contributed by atoms with Crippen LogP contribution in [0.15, 0.2) is 6.07 Å². The zero-order valence-corrected chi connectivity index (χ0v) is 12.8. The van der Waals surface area contributed by atoms with Crippen LogP contribution in [0.1, 0.15) is 34.3 Å². The lowest BCUT2D eigenvalue weighted by atomic mass is 10.0. The molecule has 1 N–H and O–H groups in total. The number of hydrogen-bond donors (Lipinski definition) is 1. The van der Waals surface area contributed by atoms with Crippen LogP contribution in [0.4, 0.5) is 5.69 Å². The minimum Gasteiger partial charge on any atom is -0.465 e. The Labute approximate surface area is 124 Å². The van der Waals surface area contributed by atoms with Gasteiger partial charge in [-0.3, -0.25) is 0 Å². The smallest absolute Gasteiger partial charge is 0.339 e. The van der Waals surface area contributed by atoms with Gasteiger partial charge >= 0.3 is 5.97 Å². The fourth-order valence-electron chi connectivity index (χ4n) is 2.44. The second kappa shape index (κ2) is 6.46. The van der Waals surface area contributed by atoms with Gasteiger partial charge in [-0.2, -0.15) is 0 Å². The van der Waals surface area contributed by atoms with Crippen molar-refractivity contribution in [3.05, 3.63) is 27.8 Å². The van der Waals surface area contributed by atoms with Gasteiger partial charge in [0.05, 0.1) is 17.7 Å². The molecule has 0 amide bonds. The number of esters is 1. The van der Waals surface area contributed by atoms with Crippen molar-refractivity contribution in [1.29, 1.82) is 0 Å². The Kier molecular flexibility index (Phi) is 4.89. The monoisotopic (exact) mass is 297 g/mol. The number of halogens is 1. The first-order valence-electron chi connectivity index (χ1n) is 6.77. The standard InChI is InChI=1S/C15H20ClNO3/c1-9-8-12(17-11-4-6-20-7-5-11)10(2)13(14(9)16)15(18)19-3/h8,11,17H,4-7H2,1-3H3. The number of anilines is 1. The number of aryl methyl sites for hydroxylation is 1. The third-order valence-electron chi connectivity index (χ3n) is 3.68. The molecule has 1 fully saturated rings. The first-order chi connectivity index (χ1) is 9.54. The maximum absolute atomic E-state index is 11.9. The summed E-state index contributed by atoms with van der Waals surface area (Å²) in [4.78, 5) is 11.9. The molecule has 1 aliphatic heterocycles. The topological polar surface area (TPSA) is 47.6 Å². The van der Waals surface area contributed by atoms with Crippen molar-refractivity contribution in [1.82, 2.24) is 0 Å². The zero-order chi connectivity index (χ0) is 14.7. The molecule has 20 heavy (non-hydrogen) atoms. The number of rotatable bonds is 3. The fraction of sp³-hybridized carbons (Fsp3) is 0.533. The van der Waals surface area contributed by atoms with E-state index in [9.17, 15) is 4.79 Å². The highest BCUT2D eigenvalue weighted by molar-refractivity contribution is 6.34. The van der Waals surface area contributed by atoms with Crippen molar-refractivity contribution in [2.75, 3.05) is 25.6 Å². The van der Waals surface area contributed by atoms with E-state index in [4.69, 9.17) is 21.1 Å². The third kappa shape index (κ3) is 3.07. The van der Waals surface area contributed by atoms with E-state index in [1.165, 1.54) is 7.11 Å². The van der Waals surface area contributed by atoms with Gasteiger partial charge in [-0.05, 0) is 43.9 Å². The quantitative estimate of drug-likeness (QED) is 0.869. The van der Waals surface area contributed by atoms with Crippen LogP contribution in [0.25, 0.3) is 0 Å². The summed E-state index contributed by atoms with van der Waals surface area (Å²) < 4.78 is 10.2. The van der Waals surface area contributed by atoms with Crippen LogP contribution >= 0.6 is 11.6 Å². The van der Waals surface area contributed by atoms with Crippen molar-refractivity contribution in [2.24, 2.45) is 0 Å². The molecule has 1 heterocycles. The Morgan fingerprint density at radius 3 is 2.65 bits per heavy atom. The van der Waals surface area contributed by atoms with Crippen molar-refractivity contribution in [2.45, 2.75) is 32.7 Å². The lowest BCUT2D eigenvalue weighted by molar-refractivity contribution is 0.0600. The average molecular weight is 298 g/mol. The van der Waals surface area contributed by atoms with Gasteiger partial charge in [-0.1, -0.05) is 11.6 Å². The molecule has 1 saturated heterocycles. The minimum atomic E-state index is -0.397. The highest BCUT2D eigenvalue weighted by Gasteiger charge is 2.21. The zero-order valence-electron chi connectivity index (χ0n) is 12.1. The molecule has 0 saturated carbocycles. The van der Waals surface area contributed by atoms with Crippen LogP contribution < -0.4 is 5.32 Å². The molecule has 5 heteroatoms. The summed E-state index contributed by atoms with van der Waals surface area (Å²) in [6.45, 7) is 5.32. The van der Waals surface area contributed by atoms with E-state index in [0.717, 1.165) is 42.9 Å². The summed E-state index contributed by atoms with van der Waals surface area (Å²) >= 11 is 6.24. The SMILES string of the molecule is COC(=O)c1c(C)c(NC2CCOCC2)cc(C)c1Cl. The summed E-state index contributed by atoms with van der Waals surface area (Å²) in [5.41, 5.74) is 3.09. The first-order valence-corrected chi connectivity index (χ1v) is 7.14. The van der Waals surface area contributed by atoms with Gasteiger partial charge in [-0.15, -0.1) is 0 Å². The molecule has 1 aliphatic rings. The van der Waals surface area contributed by atoms with Crippen molar-refractivity contribution < 1.29 is 14.3 Å². The lowest BCUT2D eigenvalue weighted by Crippen LogP contribution is -2.28. The third-order valence-corrected chi connectivity index (χ3v) is 4.16. The highest BCUT2D eigenvalue weighted by atomic mass is 35.5. The summed E-state index contributed by atoms with van der Waals surface area (Å²) in [6, 6.07) is 2.35. The van der Waals surface area contributed by atoms with Gasteiger partial charge in [0, 0.05) is 24.9 Å². The molecule has 4 nitrogen and oxygen atoms in total. The van der Waals surface area contributed by atoms with Crippen molar-refractivity contribution in [3.63, 3.8) is 0 Å². The Balaban J connectivity index is 2.33. The Morgan fingerprint density at radius 1 is 1.40 bits per heavy atom. The Bertz CT molecular complexity index is 510. The molecule has 0 unspecified atom stereocenters. The Morgan fingerprint density at radius 2 is 2.05 bits per heavy atom. The summed E-state index contributed by atoms with van der Waals surface area (Å²) in [7, 11) is 1.37. The number of ether oxygens (including phenoxy) is 2. The second-order valence-corrected chi connectivity index (χ2v) is 5.46. The largest absolute Gasteiger partial charge is 0.465 e. The minimum absolute atomic E-state index is 0.369. The van der Waals surface area contributed by atoms with Gasteiger partial charge in [0.15, 0.2) is 0 Å². The number of carbonyl (C=O) groups excluding carboxylic acids is 1. The fourth-order valence-corrected chi connectivity index (χ4v) is 2.71. The number of nitrogens with one attached hydrogen (secondary N) is 1. The Hall–Kier alpha value is -1.26. The van der Waals surface area contributed by atoms with E-state index >= 15 is 0 Å². The van der Waals surface area contributed by atoms with Gasteiger partial charge in [-0.25, -0.2) is 4.79 Å². The molecule has 0 aromatic heterocycles. The van der Waals surface area contributed by atoms with Crippen LogP contribution in [-0.2, 0) is 9.47 Å². The highest BCUT2D eigenvalue weighted by Crippen LogP contribution is 2.31. The molecule has 0 bridgehead atoms. The second-order valence-electron chi connectivity index (χ2n) is 5.08. The van der Waals surface area contributed by atoms with E-state index in [-0.39, 0.29) is 0 Å². The molecular formula is C15H20ClNO3. The maximum atomic E-state index is 11.9. The van der Waals surface area contributed by atoms with E-state index in [1.54, 1.807) is 0 Å². The van der Waals surface area contributed by atoms with Crippen LogP contribution in [0.3, 0.4) is 0 Å². The van der Waals surface area contributed by atoms with Gasteiger partial charge in [0.1, 0.15) is 0 Å². The van der Waals surface area contributed by atoms with E-state index in [2.05, 4.69) is 5.32 Å². The van der Waals surface area contributed by atoms with E-state index in [0.29, 0.717) is 16.6 Å². The van der Waals surface area contributed by atoms with Crippen LogP contribution in [-0.4, -0.2) is 32.3 Å². The van der Waals surface area contributed by atoms with Gasteiger partial charge < -0.3 is 14.8 Å². The number of benzene rings is 1. The first kappa shape index (κ1) is 15.1. The maximum Gasteiger partial charge on any atom is 0.339 e. The molecule has 0 spiro atoms. The van der Waals surface area contributed by atoms with Crippen molar-refractivity contribution in [3.8, 4) is 0 Å². The number of methoxy groups -OCH3 is 1. The lowest BCUT2D eigenvalue weighted by Gasteiger charge is -2.26. The van der Waals surface area contributed by atoms with Gasteiger partial charge in [0.25, 0.3) is 0 Å². The van der Waals surface area contributed by atoms with Gasteiger partial charge in [0.2, 0.25) is 0 Å². The average Bonchev–Trinajstić information content (AvgIpc) is 2.45. The normalized spacial score (nSPS) is 16.0. The number of hydrogen-bond acceptors (Lipinski definition) is 4. The molecule has 0 atom stereocenters. The summed E-state index contributed by atoms with van der Waals surface area (Å²) in [6.07, 6.45) is 1.93. The predicted molar refractivity (Wildman–Crippen MR) is 79.7 cm³/mol. The molecule has 0 radical (unpaired) electrons. The van der Waals surface area contributed by atoms with Crippen LogP contribution in [0.5, 0.6) is 0 Å². The van der Waals surface area contributed by atoms with Crippen LogP contribution in [0.2, 0.25) is 5.02 Å². The molecule has 2 rings (SSSR count). The molecule has 1 aromatic carbocycles. The summed E-state index contributed by atoms with van der Waals surface area (Å²) in [5, 5.41) is 3.95.